The molecule has 6 nitrogen and oxygen atoms in total. The number of anilines is 1. The number of aromatic amines is 2. The van der Waals surface area contributed by atoms with E-state index in [-0.39, 0.29) is 5.56 Å². The van der Waals surface area contributed by atoms with Gasteiger partial charge in [-0.3, -0.25) is 9.89 Å². The quantitative estimate of drug-likeness (QED) is 0.417. The Morgan fingerprint density at radius 3 is 2.34 bits per heavy atom. The summed E-state index contributed by atoms with van der Waals surface area (Å²) in [4.78, 5) is 22.4. The van der Waals surface area contributed by atoms with Gasteiger partial charge in [0.25, 0.3) is 5.56 Å². The monoisotopic (exact) mass is 425 g/mol. The minimum absolute atomic E-state index is 0.222. The van der Waals surface area contributed by atoms with Crippen LogP contribution in [-0.4, -0.2) is 34.3 Å². The average molecular weight is 426 g/mol. The lowest BCUT2D eigenvalue weighted by Gasteiger charge is -2.14. The Bertz CT molecular complexity index is 1250. The molecule has 2 N–H and O–H groups in total. The molecule has 4 rings (SSSR count). The van der Waals surface area contributed by atoms with Crippen LogP contribution < -0.4 is 10.5 Å². The third-order valence-electron chi connectivity index (χ3n) is 5.35. The molecule has 0 atom stereocenters. The van der Waals surface area contributed by atoms with Crippen molar-refractivity contribution >= 4 is 11.8 Å². The van der Waals surface area contributed by atoms with Crippen LogP contribution in [0, 0.1) is 0 Å². The Morgan fingerprint density at radius 1 is 1.00 bits per heavy atom. The van der Waals surface area contributed by atoms with Gasteiger partial charge in [0.1, 0.15) is 6.33 Å². The second kappa shape index (κ2) is 9.47. The fraction of sp³-hybridized carbons (Fsp3) is 0.192. The fourth-order valence-electron chi connectivity index (χ4n) is 3.59. The maximum atomic E-state index is 13.2. The highest BCUT2D eigenvalue weighted by Crippen LogP contribution is 2.31. The van der Waals surface area contributed by atoms with Crippen LogP contribution in [0.3, 0.4) is 0 Å². The van der Waals surface area contributed by atoms with Gasteiger partial charge < -0.3 is 9.88 Å². The molecule has 0 spiro atoms. The number of hydrogen-bond donors (Lipinski definition) is 2. The summed E-state index contributed by atoms with van der Waals surface area (Å²) >= 11 is 0. The van der Waals surface area contributed by atoms with Gasteiger partial charge in [-0.15, -0.1) is 0 Å². The zero-order valence-electron chi connectivity index (χ0n) is 18.6. The molecule has 0 aliphatic carbocycles. The molecule has 0 aliphatic rings. The SMILES string of the molecule is CCC/C=C/c1ccc(-c2cc(-c3ccc(N(C)C)cc3)c(-c3nc[nH]n3)c(=O)[nH]2)cc1. The third-order valence-corrected chi connectivity index (χ3v) is 5.35. The fourth-order valence-corrected chi connectivity index (χ4v) is 3.59. The van der Waals surface area contributed by atoms with Crippen molar-refractivity contribution in [3.8, 4) is 33.8 Å². The van der Waals surface area contributed by atoms with Gasteiger partial charge in [0.15, 0.2) is 5.82 Å². The van der Waals surface area contributed by atoms with Crippen molar-refractivity contribution in [3.63, 3.8) is 0 Å². The smallest absolute Gasteiger partial charge is 0.260 e. The molecule has 2 heterocycles. The lowest BCUT2D eigenvalue weighted by atomic mass is 9.97. The van der Waals surface area contributed by atoms with E-state index < -0.39 is 0 Å². The molecular formula is C26H27N5O. The van der Waals surface area contributed by atoms with E-state index in [0.29, 0.717) is 11.4 Å². The summed E-state index contributed by atoms with van der Waals surface area (Å²) in [7, 11) is 4.00. The normalized spacial score (nSPS) is 11.2. The Labute approximate surface area is 187 Å². The molecule has 0 unspecified atom stereocenters. The molecule has 0 saturated heterocycles. The molecule has 2 aromatic carbocycles. The number of nitrogens with one attached hydrogen (secondary N) is 2. The van der Waals surface area contributed by atoms with Crippen LogP contribution in [0.5, 0.6) is 0 Å². The van der Waals surface area contributed by atoms with Crippen molar-refractivity contribution in [2.24, 2.45) is 0 Å². The molecule has 0 saturated carbocycles. The van der Waals surface area contributed by atoms with Crippen LogP contribution >= 0.6 is 0 Å². The van der Waals surface area contributed by atoms with E-state index >= 15 is 0 Å². The molecule has 2 aromatic heterocycles. The van der Waals surface area contributed by atoms with E-state index in [2.05, 4.69) is 51.4 Å². The first-order chi connectivity index (χ1) is 15.6. The van der Waals surface area contributed by atoms with E-state index in [4.69, 9.17) is 0 Å². The number of rotatable bonds is 7. The van der Waals surface area contributed by atoms with Gasteiger partial charge >= 0.3 is 0 Å². The van der Waals surface area contributed by atoms with Gasteiger partial charge in [0.05, 0.1) is 5.56 Å². The Morgan fingerprint density at radius 2 is 1.72 bits per heavy atom. The predicted octanol–water partition coefficient (Wildman–Crippen LogP) is 5.37. The van der Waals surface area contributed by atoms with Gasteiger partial charge in [0, 0.05) is 31.0 Å². The second-order valence-electron chi connectivity index (χ2n) is 7.88. The number of nitrogens with zero attached hydrogens (tertiary/aromatic N) is 3. The van der Waals surface area contributed by atoms with Crippen molar-refractivity contribution in [1.29, 1.82) is 0 Å². The lowest BCUT2D eigenvalue weighted by Crippen LogP contribution is -2.13. The van der Waals surface area contributed by atoms with E-state index in [0.717, 1.165) is 46.5 Å². The first kappa shape index (κ1) is 21.3. The largest absolute Gasteiger partial charge is 0.378 e. The van der Waals surface area contributed by atoms with Crippen molar-refractivity contribution < 1.29 is 0 Å². The number of benzene rings is 2. The summed E-state index contributed by atoms with van der Waals surface area (Å²) in [6.45, 7) is 2.16. The molecular weight excluding hydrogens is 398 g/mol. The number of pyridine rings is 1. The van der Waals surface area contributed by atoms with Crippen LogP contribution in [0.2, 0.25) is 0 Å². The minimum atomic E-state index is -0.222. The van der Waals surface area contributed by atoms with Crippen molar-refractivity contribution in [2.75, 3.05) is 19.0 Å². The number of aromatic nitrogens is 4. The molecule has 0 aliphatic heterocycles. The molecule has 0 fully saturated rings. The molecule has 32 heavy (non-hydrogen) atoms. The summed E-state index contributed by atoms with van der Waals surface area (Å²) in [6.07, 6.45) is 7.98. The van der Waals surface area contributed by atoms with Gasteiger partial charge in [-0.1, -0.05) is 61.9 Å². The Kier molecular flexibility index (Phi) is 6.31. The molecule has 6 heteroatoms. The standard InChI is InChI=1S/C26H27N5O/c1-4-5-6-7-18-8-10-20(11-9-18)23-16-22(19-12-14-21(15-13-19)31(2)3)24(26(32)29-23)25-27-17-28-30-25/h6-17H,4-5H2,1-3H3,(H,29,32)(H,27,28,30)/b7-6+. The van der Waals surface area contributed by atoms with Gasteiger partial charge in [-0.05, 0) is 41.3 Å². The Balaban J connectivity index is 1.80. The third kappa shape index (κ3) is 4.54. The summed E-state index contributed by atoms with van der Waals surface area (Å²) in [5.74, 6) is 0.376. The maximum absolute atomic E-state index is 13.2. The van der Waals surface area contributed by atoms with E-state index in [1.165, 1.54) is 6.33 Å². The number of unbranched alkanes of at least 4 members (excludes halogenated alkanes) is 1. The second-order valence-corrected chi connectivity index (χ2v) is 7.88. The molecule has 0 bridgehead atoms. The van der Waals surface area contributed by atoms with E-state index in [1.807, 2.05) is 61.5 Å². The van der Waals surface area contributed by atoms with Crippen LogP contribution in [0.15, 0.2) is 71.8 Å². The zero-order chi connectivity index (χ0) is 22.5. The van der Waals surface area contributed by atoms with Crippen LogP contribution in [0.4, 0.5) is 5.69 Å². The molecule has 4 aromatic rings. The highest BCUT2D eigenvalue weighted by Gasteiger charge is 2.17. The van der Waals surface area contributed by atoms with Crippen molar-refractivity contribution in [2.45, 2.75) is 19.8 Å². The van der Waals surface area contributed by atoms with Crippen molar-refractivity contribution in [3.05, 3.63) is 82.9 Å². The molecule has 0 radical (unpaired) electrons. The maximum Gasteiger partial charge on any atom is 0.260 e. The lowest BCUT2D eigenvalue weighted by molar-refractivity contribution is 0.962. The summed E-state index contributed by atoms with van der Waals surface area (Å²) in [5, 5.41) is 6.86. The molecule has 0 amide bonds. The average Bonchev–Trinajstić information content (AvgIpc) is 3.33. The first-order valence-electron chi connectivity index (χ1n) is 10.7. The van der Waals surface area contributed by atoms with Gasteiger partial charge in [-0.25, -0.2) is 4.98 Å². The van der Waals surface area contributed by atoms with Crippen LogP contribution in [-0.2, 0) is 0 Å². The highest BCUT2D eigenvalue weighted by atomic mass is 16.1. The minimum Gasteiger partial charge on any atom is -0.378 e. The van der Waals surface area contributed by atoms with Crippen molar-refractivity contribution in [1.82, 2.24) is 20.2 Å². The van der Waals surface area contributed by atoms with Crippen LogP contribution in [0.25, 0.3) is 39.8 Å². The van der Waals surface area contributed by atoms with E-state index in [9.17, 15) is 4.79 Å². The van der Waals surface area contributed by atoms with Gasteiger partial charge in [0.2, 0.25) is 0 Å². The molecule has 162 valence electrons. The number of allylic oxidation sites excluding steroid dienone is 1. The summed E-state index contributed by atoms with van der Waals surface area (Å²) < 4.78 is 0. The van der Waals surface area contributed by atoms with Crippen LogP contribution in [0.1, 0.15) is 25.3 Å². The van der Waals surface area contributed by atoms with Gasteiger partial charge in [-0.2, -0.15) is 5.10 Å². The van der Waals surface area contributed by atoms with E-state index in [1.54, 1.807) is 0 Å². The zero-order valence-corrected chi connectivity index (χ0v) is 18.6. The first-order valence-corrected chi connectivity index (χ1v) is 10.7. The Hall–Kier alpha value is -3.93. The number of H-pyrrole nitrogens is 2. The summed E-state index contributed by atoms with van der Waals surface area (Å²) in [5.41, 5.74) is 5.88. The number of hydrogen-bond acceptors (Lipinski definition) is 4. The topological polar surface area (TPSA) is 77.7 Å². The highest BCUT2D eigenvalue weighted by molar-refractivity contribution is 5.83. The predicted molar refractivity (Wildman–Crippen MR) is 132 cm³/mol. The summed E-state index contributed by atoms with van der Waals surface area (Å²) in [6, 6.07) is 18.3.